The second-order valence-corrected chi connectivity index (χ2v) is 3.59. The number of hydrogen-bond donors (Lipinski definition) is 2. The fourth-order valence-corrected chi connectivity index (χ4v) is 1.25. The number of nitrogens with zero attached hydrogens (tertiary/aromatic N) is 1. The molecule has 1 atom stereocenters. The smallest absolute Gasteiger partial charge is 0.0597 e. The van der Waals surface area contributed by atoms with Gasteiger partial charge in [0, 0.05) is 26.2 Å². The van der Waals surface area contributed by atoms with E-state index in [1.807, 2.05) is 7.05 Å². The van der Waals surface area contributed by atoms with Gasteiger partial charge in [-0.25, -0.2) is 0 Å². The van der Waals surface area contributed by atoms with Gasteiger partial charge in [-0.15, -0.1) is 0 Å². The molecule has 0 radical (unpaired) electrons. The Morgan fingerprint density at radius 1 is 1.50 bits per heavy atom. The number of aliphatic hydroxyl groups excluding tert-OH is 1. The maximum atomic E-state index is 9.11. The van der Waals surface area contributed by atoms with Gasteiger partial charge in [0.2, 0.25) is 0 Å². The molecule has 4 heteroatoms. The van der Waals surface area contributed by atoms with Gasteiger partial charge in [-0.05, 0) is 20.0 Å². The summed E-state index contributed by atoms with van der Waals surface area (Å²) < 4.78 is 4.98. The van der Waals surface area contributed by atoms with Crippen LogP contribution in [-0.2, 0) is 4.74 Å². The molecule has 0 fully saturated rings. The molecule has 0 aliphatic carbocycles. The Hall–Kier alpha value is -0.160. The van der Waals surface area contributed by atoms with Crippen LogP contribution in [0.4, 0.5) is 0 Å². The zero-order valence-electron chi connectivity index (χ0n) is 9.62. The van der Waals surface area contributed by atoms with Crippen molar-refractivity contribution in [2.45, 2.75) is 19.4 Å². The molecule has 0 aromatic carbocycles. The van der Waals surface area contributed by atoms with E-state index in [9.17, 15) is 0 Å². The highest BCUT2D eigenvalue weighted by Crippen LogP contribution is 1.89. The van der Waals surface area contributed by atoms with Crippen molar-refractivity contribution in [2.24, 2.45) is 0 Å². The lowest BCUT2D eigenvalue weighted by Gasteiger charge is -2.23. The molecule has 0 aliphatic rings. The summed E-state index contributed by atoms with van der Waals surface area (Å²) in [5.74, 6) is 0. The Kier molecular flexibility index (Phi) is 9.29. The average Bonchev–Trinajstić information content (AvgIpc) is 2.21. The molecular formula is C10H24N2O2. The SMILES string of the molecule is CCCNC(CO)CN(C)CCOC. The predicted molar refractivity (Wildman–Crippen MR) is 58.5 cm³/mol. The number of likely N-dealkylation sites (N-methyl/N-ethyl adjacent to an activating group) is 1. The minimum atomic E-state index is 0.178. The molecule has 1 unspecified atom stereocenters. The Morgan fingerprint density at radius 2 is 2.21 bits per heavy atom. The van der Waals surface area contributed by atoms with E-state index < -0.39 is 0 Å². The maximum absolute atomic E-state index is 9.11. The van der Waals surface area contributed by atoms with Crippen LogP contribution in [0.25, 0.3) is 0 Å². The van der Waals surface area contributed by atoms with Gasteiger partial charge in [0.05, 0.1) is 13.2 Å². The minimum Gasteiger partial charge on any atom is -0.395 e. The molecule has 0 saturated heterocycles. The van der Waals surface area contributed by atoms with Crippen molar-refractivity contribution < 1.29 is 9.84 Å². The molecule has 0 aromatic heterocycles. The van der Waals surface area contributed by atoms with Crippen LogP contribution in [0.1, 0.15) is 13.3 Å². The van der Waals surface area contributed by atoms with Gasteiger partial charge in [-0.1, -0.05) is 6.92 Å². The summed E-state index contributed by atoms with van der Waals surface area (Å²) in [6.07, 6.45) is 1.10. The molecule has 0 bridgehead atoms. The van der Waals surface area contributed by atoms with Crippen molar-refractivity contribution in [1.82, 2.24) is 10.2 Å². The number of rotatable bonds is 9. The molecule has 0 aliphatic heterocycles. The summed E-state index contributed by atoms with van der Waals surface area (Å²) in [5.41, 5.74) is 0. The van der Waals surface area contributed by atoms with Crippen molar-refractivity contribution in [2.75, 3.05) is 47.0 Å². The van der Waals surface area contributed by atoms with Gasteiger partial charge in [-0.2, -0.15) is 0 Å². The molecule has 0 aromatic rings. The molecule has 4 nitrogen and oxygen atoms in total. The maximum Gasteiger partial charge on any atom is 0.0597 e. The summed E-state index contributed by atoms with van der Waals surface area (Å²) in [7, 11) is 3.74. The Labute approximate surface area is 87.2 Å². The summed E-state index contributed by atoms with van der Waals surface area (Å²) in [4.78, 5) is 2.16. The van der Waals surface area contributed by atoms with Crippen LogP contribution in [0.5, 0.6) is 0 Å². The van der Waals surface area contributed by atoms with E-state index in [1.165, 1.54) is 0 Å². The van der Waals surface area contributed by atoms with E-state index in [0.717, 1.165) is 32.7 Å². The molecule has 0 saturated carbocycles. The largest absolute Gasteiger partial charge is 0.395 e. The van der Waals surface area contributed by atoms with Gasteiger partial charge in [0.1, 0.15) is 0 Å². The van der Waals surface area contributed by atoms with E-state index >= 15 is 0 Å². The summed E-state index contributed by atoms with van der Waals surface area (Å²) in [6.45, 7) is 5.78. The standard InChI is InChI=1S/C10H24N2O2/c1-4-5-11-10(9-13)8-12(2)6-7-14-3/h10-11,13H,4-9H2,1-3H3. The second kappa shape index (κ2) is 9.40. The fraction of sp³-hybridized carbons (Fsp3) is 1.00. The van der Waals surface area contributed by atoms with E-state index in [4.69, 9.17) is 9.84 Å². The van der Waals surface area contributed by atoms with Crippen LogP contribution in [0.2, 0.25) is 0 Å². The third kappa shape index (κ3) is 7.26. The molecule has 0 spiro atoms. The van der Waals surface area contributed by atoms with Gasteiger partial charge in [0.15, 0.2) is 0 Å². The van der Waals surface area contributed by atoms with Crippen molar-refractivity contribution in [3.8, 4) is 0 Å². The van der Waals surface area contributed by atoms with Crippen LogP contribution < -0.4 is 5.32 Å². The van der Waals surface area contributed by atoms with Crippen LogP contribution in [0.3, 0.4) is 0 Å². The van der Waals surface area contributed by atoms with Gasteiger partial charge < -0.3 is 20.1 Å². The van der Waals surface area contributed by atoms with Crippen LogP contribution in [0.15, 0.2) is 0 Å². The fourth-order valence-electron chi connectivity index (χ4n) is 1.25. The number of ether oxygens (including phenoxy) is 1. The Bertz CT molecular complexity index is 123. The van der Waals surface area contributed by atoms with E-state index in [1.54, 1.807) is 7.11 Å². The Balaban J connectivity index is 3.57. The van der Waals surface area contributed by atoms with Crippen molar-refractivity contribution >= 4 is 0 Å². The van der Waals surface area contributed by atoms with Crippen molar-refractivity contribution in [3.63, 3.8) is 0 Å². The lowest BCUT2D eigenvalue weighted by atomic mass is 10.3. The van der Waals surface area contributed by atoms with E-state index in [0.29, 0.717) is 0 Å². The quantitative estimate of drug-likeness (QED) is 0.552. The highest BCUT2D eigenvalue weighted by atomic mass is 16.5. The lowest BCUT2D eigenvalue weighted by Crippen LogP contribution is -2.43. The molecule has 2 N–H and O–H groups in total. The molecule has 86 valence electrons. The first-order chi connectivity index (χ1) is 6.74. The summed E-state index contributed by atoms with van der Waals surface area (Å²) >= 11 is 0. The predicted octanol–water partition coefficient (Wildman–Crippen LogP) is -0.0749. The molecule has 0 amide bonds. The first-order valence-electron chi connectivity index (χ1n) is 5.26. The molecule has 0 rings (SSSR count). The molecule has 14 heavy (non-hydrogen) atoms. The number of aliphatic hydroxyl groups is 1. The zero-order chi connectivity index (χ0) is 10.8. The Morgan fingerprint density at radius 3 is 2.71 bits per heavy atom. The highest BCUT2D eigenvalue weighted by molar-refractivity contribution is 4.69. The first-order valence-corrected chi connectivity index (χ1v) is 5.26. The zero-order valence-corrected chi connectivity index (χ0v) is 9.62. The van der Waals surface area contributed by atoms with Gasteiger partial charge in [-0.3, -0.25) is 0 Å². The van der Waals surface area contributed by atoms with Gasteiger partial charge in [0.25, 0.3) is 0 Å². The van der Waals surface area contributed by atoms with Crippen LogP contribution in [-0.4, -0.2) is 63.1 Å². The molecular weight excluding hydrogens is 180 g/mol. The third-order valence-corrected chi connectivity index (χ3v) is 2.11. The minimum absolute atomic E-state index is 0.178. The summed E-state index contributed by atoms with van der Waals surface area (Å²) in [5, 5.41) is 12.4. The number of nitrogens with one attached hydrogen (secondary N) is 1. The number of hydrogen-bond acceptors (Lipinski definition) is 4. The third-order valence-electron chi connectivity index (χ3n) is 2.11. The van der Waals surface area contributed by atoms with Gasteiger partial charge >= 0.3 is 0 Å². The topological polar surface area (TPSA) is 44.7 Å². The van der Waals surface area contributed by atoms with Crippen LogP contribution >= 0.6 is 0 Å². The monoisotopic (exact) mass is 204 g/mol. The average molecular weight is 204 g/mol. The highest BCUT2D eigenvalue weighted by Gasteiger charge is 2.08. The normalized spacial score (nSPS) is 13.5. The lowest BCUT2D eigenvalue weighted by molar-refractivity contribution is 0.143. The van der Waals surface area contributed by atoms with E-state index in [-0.39, 0.29) is 12.6 Å². The van der Waals surface area contributed by atoms with E-state index in [2.05, 4.69) is 17.1 Å². The van der Waals surface area contributed by atoms with Crippen molar-refractivity contribution in [3.05, 3.63) is 0 Å². The van der Waals surface area contributed by atoms with Crippen LogP contribution in [0, 0.1) is 0 Å². The molecule has 0 heterocycles. The van der Waals surface area contributed by atoms with Crippen molar-refractivity contribution in [1.29, 1.82) is 0 Å². The first kappa shape index (κ1) is 13.8. The number of methoxy groups -OCH3 is 1. The second-order valence-electron chi connectivity index (χ2n) is 3.59. The summed E-state index contributed by atoms with van der Waals surface area (Å²) in [6, 6.07) is 0.178.